The number of alkyl carbamates (subject to hydrolysis) is 1. The lowest BCUT2D eigenvalue weighted by atomic mass is 10.0. The summed E-state index contributed by atoms with van der Waals surface area (Å²) in [5, 5.41) is 31.0. The molecule has 0 aliphatic rings. The van der Waals surface area contributed by atoms with Crippen molar-refractivity contribution in [1.29, 1.82) is 0 Å². The second-order valence-electron chi connectivity index (χ2n) is 5.82. The third-order valence-electron chi connectivity index (χ3n) is 2.72. The Morgan fingerprint density at radius 3 is 2.18 bits per heavy atom. The maximum atomic E-state index is 11.5. The molecular formula is C15H21NO6. The second kappa shape index (κ2) is 7.24. The number of amides is 1. The van der Waals surface area contributed by atoms with Crippen LogP contribution < -0.4 is 5.32 Å². The maximum absolute atomic E-state index is 11.5. The van der Waals surface area contributed by atoms with E-state index in [1.807, 2.05) is 0 Å². The number of nitrogens with one attached hydrogen (secondary N) is 1. The van der Waals surface area contributed by atoms with Crippen LogP contribution in [0.15, 0.2) is 24.3 Å². The monoisotopic (exact) mass is 311 g/mol. The molecule has 2 atom stereocenters. The van der Waals surface area contributed by atoms with Gasteiger partial charge in [-0.3, -0.25) is 0 Å². The van der Waals surface area contributed by atoms with Crippen molar-refractivity contribution in [1.82, 2.24) is 5.32 Å². The Kier molecular flexibility index (Phi) is 5.90. The molecule has 0 saturated carbocycles. The van der Waals surface area contributed by atoms with Crippen molar-refractivity contribution < 1.29 is 29.6 Å². The molecule has 0 heterocycles. The van der Waals surface area contributed by atoms with Gasteiger partial charge < -0.3 is 25.4 Å². The largest absolute Gasteiger partial charge is 0.478 e. The summed E-state index contributed by atoms with van der Waals surface area (Å²) in [6, 6.07) is 5.47. The Morgan fingerprint density at radius 2 is 1.73 bits per heavy atom. The minimum atomic E-state index is -1.25. The van der Waals surface area contributed by atoms with E-state index in [2.05, 4.69) is 5.32 Å². The molecule has 0 aliphatic carbocycles. The van der Waals surface area contributed by atoms with Gasteiger partial charge in [0.2, 0.25) is 0 Å². The first kappa shape index (κ1) is 17.9. The number of aliphatic hydroxyl groups is 2. The van der Waals surface area contributed by atoms with Crippen molar-refractivity contribution >= 4 is 12.1 Å². The molecule has 1 aromatic rings. The van der Waals surface area contributed by atoms with E-state index in [-0.39, 0.29) is 12.1 Å². The number of hydrogen-bond donors (Lipinski definition) is 4. The summed E-state index contributed by atoms with van der Waals surface area (Å²) < 4.78 is 5.01. The van der Waals surface area contributed by atoms with E-state index in [4.69, 9.17) is 9.84 Å². The molecule has 1 rings (SSSR count). The van der Waals surface area contributed by atoms with Crippen LogP contribution in [-0.4, -0.2) is 45.6 Å². The van der Waals surface area contributed by atoms with Crippen LogP contribution in [0.3, 0.4) is 0 Å². The number of aromatic carboxylic acids is 1. The zero-order valence-electron chi connectivity index (χ0n) is 12.7. The van der Waals surface area contributed by atoms with Gasteiger partial charge in [0, 0.05) is 6.54 Å². The molecule has 0 radical (unpaired) electrons. The summed E-state index contributed by atoms with van der Waals surface area (Å²) in [6.45, 7) is 4.93. The SMILES string of the molecule is CC(C)(C)OC(=O)NCC(O)C(O)c1ccc(C(=O)O)cc1. The van der Waals surface area contributed by atoms with E-state index in [1.165, 1.54) is 24.3 Å². The molecule has 0 bridgehead atoms. The Morgan fingerprint density at radius 1 is 1.18 bits per heavy atom. The van der Waals surface area contributed by atoms with E-state index in [0.29, 0.717) is 5.56 Å². The first-order valence-corrected chi connectivity index (χ1v) is 6.76. The minimum absolute atomic E-state index is 0.0809. The molecule has 7 heteroatoms. The average molecular weight is 311 g/mol. The minimum Gasteiger partial charge on any atom is -0.478 e. The molecule has 7 nitrogen and oxygen atoms in total. The van der Waals surface area contributed by atoms with Crippen molar-refractivity contribution in [2.24, 2.45) is 0 Å². The molecule has 1 aromatic carbocycles. The quantitative estimate of drug-likeness (QED) is 0.651. The van der Waals surface area contributed by atoms with Crippen LogP contribution >= 0.6 is 0 Å². The molecule has 0 aromatic heterocycles. The molecule has 0 spiro atoms. The number of carbonyl (C=O) groups excluding carboxylic acids is 1. The van der Waals surface area contributed by atoms with E-state index in [0.717, 1.165) is 0 Å². The molecule has 4 N–H and O–H groups in total. The second-order valence-corrected chi connectivity index (χ2v) is 5.82. The van der Waals surface area contributed by atoms with Gasteiger partial charge in [-0.15, -0.1) is 0 Å². The molecule has 0 aliphatic heterocycles. The predicted molar refractivity (Wildman–Crippen MR) is 78.6 cm³/mol. The number of carboxylic acid groups (broad SMARTS) is 1. The number of benzene rings is 1. The fourth-order valence-corrected chi connectivity index (χ4v) is 1.66. The van der Waals surface area contributed by atoms with Gasteiger partial charge in [0.25, 0.3) is 0 Å². The first-order chi connectivity index (χ1) is 10.1. The predicted octanol–water partition coefficient (Wildman–Crippen LogP) is 1.30. The van der Waals surface area contributed by atoms with Crippen molar-refractivity contribution in [2.75, 3.05) is 6.54 Å². The summed E-state index contributed by atoms with van der Waals surface area (Å²) in [6.07, 6.45) is -3.19. The van der Waals surface area contributed by atoms with Crippen LogP contribution in [0, 0.1) is 0 Å². The number of carbonyl (C=O) groups is 2. The van der Waals surface area contributed by atoms with Crippen molar-refractivity contribution in [3.63, 3.8) is 0 Å². The van der Waals surface area contributed by atoms with Gasteiger partial charge in [-0.1, -0.05) is 12.1 Å². The summed E-state index contributed by atoms with van der Waals surface area (Å²) in [4.78, 5) is 22.2. The van der Waals surface area contributed by atoms with Gasteiger partial charge in [0.1, 0.15) is 17.8 Å². The zero-order valence-corrected chi connectivity index (χ0v) is 12.7. The molecular weight excluding hydrogens is 290 g/mol. The van der Waals surface area contributed by atoms with E-state index in [1.54, 1.807) is 20.8 Å². The molecule has 2 unspecified atom stereocenters. The number of carboxylic acids is 1. The summed E-state index contributed by atoms with van der Waals surface area (Å²) in [5.41, 5.74) is -0.221. The molecule has 122 valence electrons. The Hall–Kier alpha value is -2.12. The van der Waals surface area contributed by atoms with Crippen LogP contribution in [0.1, 0.15) is 42.8 Å². The number of rotatable bonds is 5. The Bertz CT molecular complexity index is 520. The topological polar surface area (TPSA) is 116 Å². The normalized spacial score (nSPS) is 14.0. The van der Waals surface area contributed by atoms with Crippen molar-refractivity contribution in [3.05, 3.63) is 35.4 Å². The van der Waals surface area contributed by atoms with Crippen molar-refractivity contribution in [2.45, 2.75) is 38.6 Å². The van der Waals surface area contributed by atoms with Gasteiger partial charge in [-0.25, -0.2) is 9.59 Å². The molecule has 22 heavy (non-hydrogen) atoms. The molecule has 0 fully saturated rings. The third kappa shape index (κ3) is 5.71. The van der Waals surface area contributed by atoms with Crippen LogP contribution in [0.5, 0.6) is 0 Å². The van der Waals surface area contributed by atoms with Crippen LogP contribution in [0.2, 0.25) is 0 Å². The molecule has 1 amide bonds. The highest BCUT2D eigenvalue weighted by Gasteiger charge is 2.21. The average Bonchev–Trinajstić information content (AvgIpc) is 2.42. The van der Waals surface area contributed by atoms with Gasteiger partial charge in [-0.05, 0) is 38.5 Å². The van der Waals surface area contributed by atoms with Gasteiger partial charge in [0.05, 0.1) is 5.56 Å². The zero-order chi connectivity index (χ0) is 16.9. The van der Waals surface area contributed by atoms with Gasteiger partial charge in [0.15, 0.2) is 0 Å². The molecule has 0 saturated heterocycles. The smallest absolute Gasteiger partial charge is 0.407 e. The number of aliphatic hydroxyl groups excluding tert-OH is 2. The van der Waals surface area contributed by atoms with Crippen molar-refractivity contribution in [3.8, 4) is 0 Å². The number of ether oxygens (including phenoxy) is 1. The lowest BCUT2D eigenvalue weighted by Crippen LogP contribution is -2.38. The van der Waals surface area contributed by atoms with E-state index < -0.39 is 29.9 Å². The summed E-state index contributed by atoms with van der Waals surface area (Å²) in [7, 11) is 0. The third-order valence-corrected chi connectivity index (χ3v) is 2.72. The highest BCUT2D eigenvalue weighted by atomic mass is 16.6. The Balaban J connectivity index is 2.56. The summed E-state index contributed by atoms with van der Waals surface area (Å²) >= 11 is 0. The van der Waals surface area contributed by atoms with Crippen LogP contribution in [0.4, 0.5) is 4.79 Å². The van der Waals surface area contributed by atoms with Crippen LogP contribution in [-0.2, 0) is 4.74 Å². The van der Waals surface area contributed by atoms with Crippen LogP contribution in [0.25, 0.3) is 0 Å². The fourth-order valence-electron chi connectivity index (χ4n) is 1.66. The first-order valence-electron chi connectivity index (χ1n) is 6.76. The lowest BCUT2D eigenvalue weighted by molar-refractivity contribution is 0.0129. The summed E-state index contributed by atoms with van der Waals surface area (Å²) in [5.74, 6) is -1.08. The van der Waals surface area contributed by atoms with E-state index >= 15 is 0 Å². The Labute approximate surface area is 128 Å². The van der Waals surface area contributed by atoms with Gasteiger partial charge >= 0.3 is 12.1 Å². The highest BCUT2D eigenvalue weighted by Crippen LogP contribution is 2.17. The standard InChI is InChI=1S/C15H21NO6/c1-15(2,3)22-14(21)16-8-11(17)12(18)9-4-6-10(7-5-9)13(19)20/h4-7,11-12,17-18H,8H2,1-3H3,(H,16,21)(H,19,20). The van der Waals surface area contributed by atoms with E-state index in [9.17, 15) is 19.8 Å². The van der Waals surface area contributed by atoms with Gasteiger partial charge in [-0.2, -0.15) is 0 Å². The lowest BCUT2D eigenvalue weighted by Gasteiger charge is -2.22. The fraction of sp³-hybridized carbons (Fsp3) is 0.467. The highest BCUT2D eigenvalue weighted by molar-refractivity contribution is 5.87. The number of hydrogen-bond acceptors (Lipinski definition) is 5. The maximum Gasteiger partial charge on any atom is 0.407 e.